The van der Waals surface area contributed by atoms with Crippen molar-refractivity contribution >= 4 is 10.0 Å². The van der Waals surface area contributed by atoms with Gasteiger partial charge >= 0.3 is 6.18 Å². The van der Waals surface area contributed by atoms with Gasteiger partial charge in [0.25, 0.3) is 0 Å². The highest BCUT2D eigenvalue weighted by atomic mass is 32.2. The second-order valence-corrected chi connectivity index (χ2v) is 9.44. The summed E-state index contributed by atoms with van der Waals surface area (Å²) in [5, 5.41) is 0. The van der Waals surface area contributed by atoms with E-state index in [1.807, 2.05) is 6.92 Å². The molecule has 0 aliphatic heterocycles. The highest BCUT2D eigenvalue weighted by molar-refractivity contribution is 7.89. The molecule has 0 aromatic heterocycles. The summed E-state index contributed by atoms with van der Waals surface area (Å²) in [6.07, 6.45) is -5.27. The van der Waals surface area contributed by atoms with Crippen molar-refractivity contribution in [1.29, 1.82) is 0 Å². The topological polar surface area (TPSA) is 55.8 Å². The van der Waals surface area contributed by atoms with Crippen LogP contribution in [0.4, 0.5) is 13.2 Å². The molecule has 2 aromatic rings. The predicted molar refractivity (Wildman–Crippen MR) is 117 cm³/mol. The number of rotatable bonds is 10. The van der Waals surface area contributed by atoms with Crippen molar-refractivity contribution in [3.8, 4) is 0 Å². The van der Waals surface area contributed by atoms with Crippen LogP contribution in [0.15, 0.2) is 41.3 Å². The molecule has 0 spiro atoms. The van der Waals surface area contributed by atoms with Gasteiger partial charge in [0.15, 0.2) is 6.29 Å². The van der Waals surface area contributed by atoms with Crippen LogP contribution in [0.3, 0.4) is 0 Å². The highest BCUT2D eigenvalue weighted by Crippen LogP contribution is 2.30. The Morgan fingerprint density at radius 1 is 0.938 bits per heavy atom. The average Bonchev–Trinajstić information content (AvgIpc) is 2.66. The second-order valence-electron chi connectivity index (χ2n) is 7.56. The van der Waals surface area contributed by atoms with E-state index in [9.17, 15) is 21.6 Å². The van der Waals surface area contributed by atoms with Gasteiger partial charge in [-0.3, -0.25) is 0 Å². The van der Waals surface area contributed by atoms with Gasteiger partial charge in [-0.25, -0.2) is 8.42 Å². The van der Waals surface area contributed by atoms with Crippen LogP contribution in [0.1, 0.15) is 41.7 Å². The van der Waals surface area contributed by atoms with Crippen molar-refractivity contribution in [1.82, 2.24) is 4.31 Å². The fourth-order valence-corrected chi connectivity index (χ4v) is 5.47. The maximum Gasteiger partial charge on any atom is 0.416 e. The summed E-state index contributed by atoms with van der Waals surface area (Å²) in [4.78, 5) is 0.182. The lowest BCUT2D eigenvalue weighted by molar-refractivity contribution is -0.140. The maximum atomic E-state index is 13.7. The van der Waals surface area contributed by atoms with Crippen LogP contribution >= 0.6 is 0 Å². The summed E-state index contributed by atoms with van der Waals surface area (Å²) in [6, 6.07) is 8.06. The zero-order chi connectivity index (χ0) is 24.1. The molecule has 0 aliphatic carbocycles. The second kappa shape index (κ2) is 10.8. The molecule has 0 saturated carbocycles. The number of sulfonamides is 1. The van der Waals surface area contributed by atoms with Gasteiger partial charge in [0, 0.05) is 19.8 Å². The highest BCUT2D eigenvalue weighted by Gasteiger charge is 2.32. The summed E-state index contributed by atoms with van der Waals surface area (Å²) in [7, 11) is -4.00. The Morgan fingerprint density at radius 2 is 1.44 bits per heavy atom. The first kappa shape index (κ1) is 26.3. The summed E-state index contributed by atoms with van der Waals surface area (Å²) in [6.45, 7) is 9.31. The van der Waals surface area contributed by atoms with E-state index in [1.54, 1.807) is 39.8 Å². The minimum atomic E-state index is -4.46. The van der Waals surface area contributed by atoms with Crippen LogP contribution in [-0.2, 0) is 32.2 Å². The van der Waals surface area contributed by atoms with E-state index in [4.69, 9.17) is 9.47 Å². The first-order valence-corrected chi connectivity index (χ1v) is 11.8. The third kappa shape index (κ3) is 6.54. The smallest absolute Gasteiger partial charge is 0.352 e. The van der Waals surface area contributed by atoms with Crippen LogP contribution in [0.5, 0.6) is 0 Å². The zero-order valence-electron chi connectivity index (χ0n) is 19.0. The van der Waals surface area contributed by atoms with Crippen LogP contribution in [-0.4, -0.2) is 38.8 Å². The number of hydrogen-bond acceptors (Lipinski definition) is 4. The number of hydrogen-bond donors (Lipinski definition) is 0. The molecule has 0 N–H and O–H groups in total. The van der Waals surface area contributed by atoms with Crippen LogP contribution in [0, 0.1) is 20.8 Å². The van der Waals surface area contributed by atoms with Gasteiger partial charge in [-0.05, 0) is 63.4 Å². The van der Waals surface area contributed by atoms with E-state index < -0.39 is 28.1 Å². The lowest BCUT2D eigenvalue weighted by Crippen LogP contribution is -2.40. The minimum Gasteiger partial charge on any atom is -0.352 e. The molecule has 2 rings (SSSR count). The molecule has 0 atom stereocenters. The van der Waals surface area contributed by atoms with Gasteiger partial charge < -0.3 is 9.47 Å². The van der Waals surface area contributed by atoms with Gasteiger partial charge in [0.2, 0.25) is 10.0 Å². The van der Waals surface area contributed by atoms with E-state index in [2.05, 4.69) is 0 Å². The lowest BCUT2D eigenvalue weighted by atomic mass is 10.1. The average molecular weight is 474 g/mol. The summed E-state index contributed by atoms with van der Waals surface area (Å²) in [5.41, 5.74) is 1.78. The Kier molecular flexibility index (Phi) is 8.87. The zero-order valence-corrected chi connectivity index (χ0v) is 19.8. The largest absolute Gasteiger partial charge is 0.416 e. The molecule has 0 bridgehead atoms. The first-order chi connectivity index (χ1) is 14.9. The first-order valence-electron chi connectivity index (χ1n) is 10.4. The third-order valence-electron chi connectivity index (χ3n) is 4.90. The monoisotopic (exact) mass is 473 g/mol. The Balaban J connectivity index is 2.48. The maximum absolute atomic E-state index is 13.7. The standard InChI is InChI=1S/C23H30F3NO4S/c1-6-30-21(31-7-2)15-27(14-19-8-10-20(11-9-19)23(24,25)26)32(28,29)22-17(4)12-16(3)13-18(22)5/h8-13,21H,6-7,14-15H2,1-5H3. The van der Waals surface area contributed by atoms with Crippen molar-refractivity contribution in [2.75, 3.05) is 19.8 Å². The number of alkyl halides is 3. The van der Waals surface area contributed by atoms with Crippen molar-refractivity contribution in [2.45, 2.75) is 58.5 Å². The molecule has 9 heteroatoms. The predicted octanol–water partition coefficient (Wildman–Crippen LogP) is 5.22. The molecule has 0 radical (unpaired) electrons. The molecule has 0 saturated heterocycles. The number of nitrogens with zero attached hydrogens (tertiary/aromatic N) is 1. The van der Waals surface area contributed by atoms with E-state index >= 15 is 0 Å². The van der Waals surface area contributed by atoms with E-state index in [0.717, 1.165) is 17.7 Å². The molecular weight excluding hydrogens is 443 g/mol. The van der Waals surface area contributed by atoms with Crippen LogP contribution in [0.25, 0.3) is 0 Å². The molecule has 178 valence electrons. The molecular formula is C23H30F3NO4S. The van der Waals surface area contributed by atoms with Crippen molar-refractivity contribution in [2.24, 2.45) is 0 Å². The van der Waals surface area contributed by atoms with Gasteiger partial charge in [0.1, 0.15) is 0 Å². The van der Waals surface area contributed by atoms with Crippen molar-refractivity contribution < 1.29 is 31.1 Å². The van der Waals surface area contributed by atoms with Crippen LogP contribution < -0.4 is 0 Å². The summed E-state index contributed by atoms with van der Waals surface area (Å²) >= 11 is 0. The molecule has 2 aromatic carbocycles. The quantitative estimate of drug-likeness (QED) is 0.444. The number of aryl methyl sites for hydroxylation is 3. The van der Waals surface area contributed by atoms with Gasteiger partial charge in [0.05, 0.1) is 17.0 Å². The van der Waals surface area contributed by atoms with Gasteiger partial charge in [-0.15, -0.1) is 0 Å². The number of benzene rings is 2. The van der Waals surface area contributed by atoms with E-state index in [-0.39, 0.29) is 18.0 Å². The molecule has 32 heavy (non-hydrogen) atoms. The lowest BCUT2D eigenvalue weighted by Gasteiger charge is -2.28. The van der Waals surface area contributed by atoms with Crippen LogP contribution in [0.2, 0.25) is 0 Å². The fraction of sp³-hybridized carbons (Fsp3) is 0.478. The molecule has 5 nitrogen and oxygen atoms in total. The summed E-state index contributed by atoms with van der Waals surface area (Å²) in [5.74, 6) is 0. The summed E-state index contributed by atoms with van der Waals surface area (Å²) < 4.78 is 78.4. The fourth-order valence-electron chi connectivity index (χ4n) is 3.64. The minimum absolute atomic E-state index is 0.0994. The number of ether oxygens (including phenoxy) is 2. The van der Waals surface area contributed by atoms with Gasteiger partial charge in [-0.1, -0.05) is 29.8 Å². The van der Waals surface area contributed by atoms with Gasteiger partial charge in [-0.2, -0.15) is 17.5 Å². The normalized spacial score (nSPS) is 12.7. The Hall–Kier alpha value is -1.94. The van der Waals surface area contributed by atoms with Crippen molar-refractivity contribution in [3.05, 3.63) is 64.2 Å². The Bertz CT molecular complexity index is 976. The van der Waals surface area contributed by atoms with E-state index in [0.29, 0.717) is 29.9 Å². The molecule has 0 unspecified atom stereocenters. The SMILES string of the molecule is CCOC(CN(Cc1ccc(C(F)(F)F)cc1)S(=O)(=O)c1c(C)cc(C)cc1C)OCC. The van der Waals surface area contributed by atoms with E-state index in [1.165, 1.54) is 16.4 Å². The Labute approximate surface area is 188 Å². The third-order valence-corrected chi connectivity index (χ3v) is 7.02. The molecule has 0 heterocycles. The Morgan fingerprint density at radius 3 is 1.88 bits per heavy atom. The number of halogens is 3. The van der Waals surface area contributed by atoms with Crippen molar-refractivity contribution in [3.63, 3.8) is 0 Å². The molecule has 0 amide bonds. The molecule has 0 aliphatic rings. The molecule has 0 fully saturated rings.